The molecule has 0 atom stereocenters. The highest BCUT2D eigenvalue weighted by Gasteiger charge is 2.20. The molecule has 0 saturated heterocycles. The molecule has 0 amide bonds. The average Bonchev–Trinajstić information content (AvgIpc) is 2.13. The van der Waals surface area contributed by atoms with Gasteiger partial charge in [-0.3, -0.25) is 10.1 Å². The third kappa shape index (κ3) is 1.61. The summed E-state index contributed by atoms with van der Waals surface area (Å²) in [6.07, 6.45) is -0.448. The van der Waals surface area contributed by atoms with Crippen molar-refractivity contribution in [1.82, 2.24) is 0 Å². The second kappa shape index (κ2) is 3.70. The van der Waals surface area contributed by atoms with Gasteiger partial charge in [-0.25, -0.2) is 4.39 Å². The lowest BCUT2D eigenvalue weighted by Gasteiger charge is -2.01. The van der Waals surface area contributed by atoms with Gasteiger partial charge in [0, 0.05) is 6.07 Å². The summed E-state index contributed by atoms with van der Waals surface area (Å²) in [7, 11) is 0. The summed E-state index contributed by atoms with van der Waals surface area (Å²) in [5.41, 5.74) is -0.889. The molecule has 1 rings (SSSR count). The van der Waals surface area contributed by atoms with E-state index in [0.29, 0.717) is 0 Å². The number of nitro benzene ring substituents is 1. The van der Waals surface area contributed by atoms with Crippen molar-refractivity contribution in [3.05, 3.63) is 33.6 Å². The molecule has 0 unspecified atom stereocenters. The van der Waals surface area contributed by atoms with Crippen LogP contribution < -0.4 is 0 Å². The standard InChI is InChI=1S/C8H5FN2O3/c9-8-5(3-4-10)6(11(13)14)1-2-7(8)12/h1-2,12H,3H2. The molecule has 0 heterocycles. The van der Waals surface area contributed by atoms with Gasteiger partial charge in [0.15, 0.2) is 11.6 Å². The van der Waals surface area contributed by atoms with E-state index in [1.807, 2.05) is 0 Å². The maximum absolute atomic E-state index is 13.1. The molecule has 0 bridgehead atoms. The Bertz CT molecular complexity index is 425. The first-order valence-electron chi connectivity index (χ1n) is 3.59. The van der Waals surface area contributed by atoms with Gasteiger partial charge in [0.1, 0.15) is 0 Å². The van der Waals surface area contributed by atoms with Crippen LogP contribution in [0.15, 0.2) is 12.1 Å². The van der Waals surface area contributed by atoms with Gasteiger partial charge in [-0.05, 0) is 6.07 Å². The van der Waals surface area contributed by atoms with Gasteiger partial charge in [-0.15, -0.1) is 0 Å². The van der Waals surface area contributed by atoms with Crippen LogP contribution in [0.4, 0.5) is 10.1 Å². The SMILES string of the molecule is N#CCc1c([N+](=O)[O-])ccc(O)c1F. The van der Waals surface area contributed by atoms with Crippen molar-refractivity contribution < 1.29 is 14.4 Å². The summed E-state index contributed by atoms with van der Waals surface area (Å²) in [5, 5.41) is 27.7. The number of aromatic hydroxyl groups is 1. The second-order valence-electron chi connectivity index (χ2n) is 2.49. The maximum atomic E-state index is 13.1. The minimum absolute atomic E-state index is 0.391. The Hall–Kier alpha value is -2.16. The van der Waals surface area contributed by atoms with Crippen molar-refractivity contribution in [1.29, 1.82) is 5.26 Å². The summed E-state index contributed by atoms with van der Waals surface area (Å²) in [5.74, 6) is -1.80. The molecule has 0 aliphatic rings. The van der Waals surface area contributed by atoms with Crippen molar-refractivity contribution >= 4 is 5.69 Å². The number of halogens is 1. The van der Waals surface area contributed by atoms with Gasteiger partial charge in [0.2, 0.25) is 0 Å². The number of nitriles is 1. The largest absolute Gasteiger partial charge is 0.505 e. The number of hydrogen-bond donors (Lipinski definition) is 1. The number of benzene rings is 1. The molecule has 0 aliphatic heterocycles. The summed E-state index contributed by atoms with van der Waals surface area (Å²) in [6.45, 7) is 0. The molecule has 1 N–H and O–H groups in total. The van der Waals surface area contributed by atoms with Gasteiger partial charge < -0.3 is 5.11 Å². The smallest absolute Gasteiger partial charge is 0.276 e. The van der Waals surface area contributed by atoms with Crippen LogP contribution in [-0.4, -0.2) is 10.0 Å². The predicted octanol–water partition coefficient (Wildman–Crippen LogP) is 1.51. The van der Waals surface area contributed by atoms with E-state index in [-0.39, 0.29) is 0 Å². The quantitative estimate of drug-likeness (QED) is 0.573. The summed E-state index contributed by atoms with van der Waals surface area (Å²) in [4.78, 5) is 9.61. The Labute approximate surface area is 78.2 Å². The number of hydrogen-bond acceptors (Lipinski definition) is 4. The van der Waals surface area contributed by atoms with E-state index < -0.39 is 34.2 Å². The molecule has 5 nitrogen and oxygen atoms in total. The minimum Gasteiger partial charge on any atom is -0.505 e. The van der Waals surface area contributed by atoms with Crippen LogP contribution in [0.2, 0.25) is 0 Å². The van der Waals surface area contributed by atoms with Crippen LogP contribution in [0.5, 0.6) is 5.75 Å². The van der Waals surface area contributed by atoms with Crippen molar-refractivity contribution in [2.75, 3.05) is 0 Å². The first kappa shape index (κ1) is 9.92. The fourth-order valence-electron chi connectivity index (χ4n) is 1.02. The van der Waals surface area contributed by atoms with E-state index in [4.69, 9.17) is 10.4 Å². The first-order chi connectivity index (χ1) is 6.57. The fraction of sp³-hybridized carbons (Fsp3) is 0.125. The molecule has 0 radical (unpaired) electrons. The van der Waals surface area contributed by atoms with Crippen molar-refractivity contribution in [2.45, 2.75) is 6.42 Å². The van der Waals surface area contributed by atoms with E-state index >= 15 is 0 Å². The van der Waals surface area contributed by atoms with Crippen molar-refractivity contribution in [3.8, 4) is 11.8 Å². The minimum atomic E-state index is -1.11. The molecule has 72 valence electrons. The molecule has 0 aliphatic carbocycles. The molecule has 1 aromatic carbocycles. The van der Waals surface area contributed by atoms with Gasteiger partial charge in [0.05, 0.1) is 23.0 Å². The molecular formula is C8H5FN2O3. The average molecular weight is 196 g/mol. The lowest BCUT2D eigenvalue weighted by molar-refractivity contribution is -0.385. The summed E-state index contributed by atoms with van der Waals surface area (Å²) < 4.78 is 13.1. The van der Waals surface area contributed by atoms with Crippen molar-refractivity contribution in [3.63, 3.8) is 0 Å². The van der Waals surface area contributed by atoms with Crippen LogP contribution >= 0.6 is 0 Å². The Morgan fingerprint density at radius 3 is 2.79 bits per heavy atom. The number of rotatable bonds is 2. The number of nitro groups is 1. The van der Waals surface area contributed by atoms with Gasteiger partial charge in [0.25, 0.3) is 5.69 Å². The van der Waals surface area contributed by atoms with E-state index in [9.17, 15) is 14.5 Å². The molecule has 0 fully saturated rings. The van der Waals surface area contributed by atoms with Crippen LogP contribution in [0.3, 0.4) is 0 Å². The second-order valence-corrected chi connectivity index (χ2v) is 2.49. The van der Waals surface area contributed by atoms with Gasteiger partial charge >= 0.3 is 0 Å². The zero-order valence-corrected chi connectivity index (χ0v) is 6.90. The number of phenols is 1. The predicted molar refractivity (Wildman–Crippen MR) is 44.0 cm³/mol. The Kier molecular flexibility index (Phi) is 2.62. The highest BCUT2D eigenvalue weighted by molar-refractivity contribution is 5.47. The third-order valence-corrected chi connectivity index (χ3v) is 1.65. The molecular weight excluding hydrogens is 191 g/mol. The van der Waals surface area contributed by atoms with Gasteiger partial charge in [-0.1, -0.05) is 0 Å². The fourth-order valence-corrected chi connectivity index (χ4v) is 1.02. The number of nitrogens with zero attached hydrogens (tertiary/aromatic N) is 2. The topological polar surface area (TPSA) is 87.2 Å². The highest BCUT2D eigenvalue weighted by Crippen LogP contribution is 2.28. The van der Waals surface area contributed by atoms with Crippen LogP contribution in [0.1, 0.15) is 5.56 Å². The lowest BCUT2D eigenvalue weighted by atomic mass is 10.1. The zero-order chi connectivity index (χ0) is 10.7. The summed E-state index contributed by atoms with van der Waals surface area (Å²) in [6, 6.07) is 3.44. The van der Waals surface area contributed by atoms with E-state index in [2.05, 4.69) is 0 Å². The molecule has 1 aromatic rings. The Morgan fingerprint density at radius 1 is 1.64 bits per heavy atom. The normalized spacial score (nSPS) is 9.43. The lowest BCUT2D eigenvalue weighted by Crippen LogP contribution is -1.98. The maximum Gasteiger partial charge on any atom is 0.276 e. The van der Waals surface area contributed by atoms with E-state index in [0.717, 1.165) is 12.1 Å². The molecule has 0 spiro atoms. The monoisotopic (exact) mass is 196 g/mol. The first-order valence-corrected chi connectivity index (χ1v) is 3.59. The van der Waals surface area contributed by atoms with Crippen molar-refractivity contribution in [2.24, 2.45) is 0 Å². The highest BCUT2D eigenvalue weighted by atomic mass is 19.1. The van der Waals surface area contributed by atoms with Gasteiger partial charge in [-0.2, -0.15) is 5.26 Å². The van der Waals surface area contributed by atoms with Crippen LogP contribution in [0.25, 0.3) is 0 Å². The third-order valence-electron chi connectivity index (χ3n) is 1.65. The van der Waals surface area contributed by atoms with Crippen LogP contribution in [-0.2, 0) is 6.42 Å². The number of phenolic OH excluding ortho intramolecular Hbond substituents is 1. The van der Waals surface area contributed by atoms with Crippen LogP contribution in [0, 0.1) is 27.3 Å². The molecule has 6 heteroatoms. The van der Waals surface area contributed by atoms with E-state index in [1.54, 1.807) is 6.07 Å². The van der Waals surface area contributed by atoms with E-state index in [1.165, 1.54) is 0 Å². The summed E-state index contributed by atoms with van der Waals surface area (Å²) >= 11 is 0. The zero-order valence-electron chi connectivity index (χ0n) is 6.90. The Morgan fingerprint density at radius 2 is 2.29 bits per heavy atom. The Balaban J connectivity index is 3.39. The molecule has 0 saturated carbocycles. The molecule has 0 aromatic heterocycles. The molecule has 14 heavy (non-hydrogen) atoms.